The van der Waals surface area contributed by atoms with Gasteiger partial charge in [0.05, 0.1) is 50.5 Å². The average Bonchev–Trinajstić information content (AvgIpc) is 3.92. The second-order valence-corrected chi connectivity index (χ2v) is 13.0. The molecule has 2 saturated heterocycles. The van der Waals surface area contributed by atoms with Gasteiger partial charge in [-0.2, -0.15) is 0 Å². The Labute approximate surface area is 264 Å². The predicted molar refractivity (Wildman–Crippen MR) is 168 cm³/mol. The summed E-state index contributed by atoms with van der Waals surface area (Å²) in [5.41, 5.74) is 0. The van der Waals surface area contributed by atoms with Gasteiger partial charge in [0.1, 0.15) is 6.61 Å². The normalized spacial score (nSPS) is 23.2. The lowest BCUT2D eigenvalue weighted by atomic mass is 10.1. The third-order valence-electron chi connectivity index (χ3n) is 7.62. The maximum absolute atomic E-state index is 12.5. The van der Waals surface area contributed by atoms with E-state index < -0.39 is 32.5 Å². The summed E-state index contributed by atoms with van der Waals surface area (Å²) < 4.78 is 44.5. The van der Waals surface area contributed by atoms with Crippen LogP contribution in [0, 0.1) is 0 Å². The lowest BCUT2D eigenvalue weighted by Crippen LogP contribution is -2.29. The van der Waals surface area contributed by atoms with Crippen LogP contribution in [0.2, 0.25) is 0 Å². The highest BCUT2D eigenvalue weighted by Crippen LogP contribution is 2.43. The van der Waals surface area contributed by atoms with Gasteiger partial charge in [-0.15, -0.1) is 0 Å². The second-order valence-electron chi connectivity index (χ2n) is 11.5. The maximum Gasteiger partial charge on any atom is 0.472 e. The van der Waals surface area contributed by atoms with Gasteiger partial charge in [-0.1, -0.05) is 83.6 Å². The van der Waals surface area contributed by atoms with E-state index in [2.05, 4.69) is 13.8 Å². The molecule has 0 saturated carbocycles. The monoisotopic (exact) mass is 645 g/mol. The molecule has 1 N–H and O–H groups in total. The van der Waals surface area contributed by atoms with E-state index in [1.54, 1.807) is 12.2 Å². The van der Waals surface area contributed by atoms with Gasteiger partial charge in [0.2, 0.25) is 0 Å². The van der Waals surface area contributed by atoms with Gasteiger partial charge in [-0.05, 0) is 39.3 Å². The first-order valence-corrected chi connectivity index (χ1v) is 17.9. The lowest BCUT2D eigenvalue weighted by molar-refractivity contribution is -0.160. The van der Waals surface area contributed by atoms with Crippen LogP contribution in [0.4, 0.5) is 0 Å². The molecule has 6 atom stereocenters. The Hall–Kier alpha value is -1.59. The van der Waals surface area contributed by atoms with Gasteiger partial charge in [0.25, 0.3) is 0 Å². The molecule has 2 aliphatic rings. The van der Waals surface area contributed by atoms with E-state index in [4.69, 9.17) is 28.0 Å². The van der Waals surface area contributed by atoms with Crippen LogP contribution >= 0.6 is 7.82 Å². The number of unbranched alkanes of at least 4 members (excludes halogenated alkanes) is 4. The summed E-state index contributed by atoms with van der Waals surface area (Å²) >= 11 is 0. The Kier molecular flexibility index (Phi) is 19.3. The second kappa shape index (κ2) is 22.0. The van der Waals surface area contributed by atoms with Crippen molar-refractivity contribution in [3.8, 4) is 0 Å². The van der Waals surface area contributed by atoms with Crippen molar-refractivity contribution in [2.45, 2.75) is 128 Å². The van der Waals surface area contributed by atoms with Crippen LogP contribution in [-0.2, 0) is 42.1 Å². The molecule has 0 aliphatic carbocycles. The number of likely N-dealkylation sites (N-methyl/N-ethyl adjacent to an activating group) is 1. The summed E-state index contributed by atoms with van der Waals surface area (Å²) in [5.74, 6) is -1.08. The van der Waals surface area contributed by atoms with Gasteiger partial charge in [0.15, 0.2) is 6.10 Å². The van der Waals surface area contributed by atoms with Crippen LogP contribution < -0.4 is 0 Å². The van der Waals surface area contributed by atoms with Crippen molar-refractivity contribution in [1.29, 1.82) is 0 Å². The summed E-state index contributed by atoms with van der Waals surface area (Å²) in [4.78, 5) is 36.8. The van der Waals surface area contributed by atoms with E-state index in [0.29, 0.717) is 18.8 Å². The zero-order valence-electron chi connectivity index (χ0n) is 27.2. The number of carbonyl (C=O) groups is 2. The lowest BCUT2D eigenvalue weighted by Gasteiger charge is -2.20. The Bertz CT molecular complexity index is 929. The number of epoxide rings is 2. The topological polar surface area (TPSA) is 137 Å². The first-order valence-electron chi connectivity index (χ1n) is 16.4. The molecule has 0 aromatic heterocycles. The molecular formula is C32H56NO10P. The molecule has 0 bridgehead atoms. The fourth-order valence-electron chi connectivity index (χ4n) is 4.57. The minimum Gasteiger partial charge on any atom is -0.461 e. The number of phosphoric acid groups is 1. The average molecular weight is 646 g/mol. The molecule has 12 heteroatoms. The van der Waals surface area contributed by atoms with Crippen LogP contribution in [0.1, 0.15) is 97.8 Å². The van der Waals surface area contributed by atoms with Crippen LogP contribution in [0.3, 0.4) is 0 Å². The number of rotatable bonds is 27. The highest BCUT2D eigenvalue weighted by molar-refractivity contribution is 7.47. The number of hydrogen-bond acceptors (Lipinski definition) is 10. The molecule has 0 amide bonds. The standard InChI is InChI=1S/C32H56NO10P/c1-5-8-10-16-27-29(42-27)18-12-14-20-31(34)38-24-26(25-40-44(36,37)39-23-22-33(4)7-3)41-32(35)21-15-13-19-30-28(43-30)17-11-9-6-2/h12-15,26-30H,5-11,16-25H2,1-4H3,(H,36,37). The minimum absolute atomic E-state index is 0.000278. The Morgan fingerprint density at radius 2 is 1.39 bits per heavy atom. The molecule has 11 nitrogen and oxygen atoms in total. The first-order chi connectivity index (χ1) is 21.2. The van der Waals surface area contributed by atoms with Crippen LogP contribution in [0.15, 0.2) is 24.3 Å². The molecule has 2 rings (SSSR count). The number of ether oxygens (including phenoxy) is 4. The van der Waals surface area contributed by atoms with E-state index in [0.717, 1.165) is 38.6 Å². The molecule has 254 valence electrons. The summed E-state index contributed by atoms with van der Waals surface area (Å²) in [6.45, 7) is 6.71. The molecule has 6 unspecified atom stereocenters. The van der Waals surface area contributed by atoms with Crippen molar-refractivity contribution in [1.82, 2.24) is 4.90 Å². The molecular weight excluding hydrogens is 589 g/mol. The number of nitrogens with zero attached hydrogens (tertiary/aromatic N) is 1. The van der Waals surface area contributed by atoms with Gasteiger partial charge >= 0.3 is 19.8 Å². The fraction of sp³-hybridized carbons (Fsp3) is 0.812. The van der Waals surface area contributed by atoms with Crippen molar-refractivity contribution in [2.24, 2.45) is 0 Å². The minimum atomic E-state index is -4.40. The number of esters is 2. The highest BCUT2D eigenvalue weighted by Gasteiger charge is 2.37. The van der Waals surface area contributed by atoms with E-state index in [1.165, 1.54) is 32.1 Å². The first kappa shape index (κ1) is 38.6. The molecule has 2 heterocycles. The van der Waals surface area contributed by atoms with E-state index in [1.807, 2.05) is 31.0 Å². The largest absolute Gasteiger partial charge is 0.472 e. The van der Waals surface area contributed by atoms with Crippen molar-refractivity contribution in [3.05, 3.63) is 24.3 Å². The maximum atomic E-state index is 12.5. The number of hydrogen-bond donors (Lipinski definition) is 1. The summed E-state index contributed by atoms with van der Waals surface area (Å²) in [7, 11) is -2.54. The molecule has 2 fully saturated rings. The zero-order valence-corrected chi connectivity index (χ0v) is 28.1. The molecule has 0 radical (unpaired) electrons. The fourth-order valence-corrected chi connectivity index (χ4v) is 5.31. The van der Waals surface area contributed by atoms with E-state index in [-0.39, 0.29) is 38.3 Å². The highest BCUT2D eigenvalue weighted by atomic mass is 31.2. The number of carbonyl (C=O) groups excluding carboxylic acids is 2. The molecule has 44 heavy (non-hydrogen) atoms. The smallest absolute Gasteiger partial charge is 0.461 e. The Balaban J connectivity index is 1.75. The molecule has 0 aromatic rings. The van der Waals surface area contributed by atoms with Gasteiger partial charge < -0.3 is 28.7 Å². The van der Waals surface area contributed by atoms with Crippen LogP contribution in [0.25, 0.3) is 0 Å². The molecule has 0 spiro atoms. The SMILES string of the molecule is CCCCCC1OC1CC=CCC(=O)OCC(COP(=O)(O)OCCN(C)CC)OC(=O)CC=CCC1OC1CCCCC. The summed E-state index contributed by atoms with van der Waals surface area (Å²) in [6, 6.07) is 0. The summed E-state index contributed by atoms with van der Waals surface area (Å²) in [5, 5.41) is 0. The van der Waals surface area contributed by atoms with E-state index >= 15 is 0 Å². The van der Waals surface area contributed by atoms with Gasteiger partial charge in [-0.25, -0.2) is 4.57 Å². The van der Waals surface area contributed by atoms with Crippen molar-refractivity contribution in [2.75, 3.05) is 40.0 Å². The third kappa shape index (κ3) is 18.4. The summed E-state index contributed by atoms with van der Waals surface area (Å²) in [6.07, 6.45) is 18.0. The zero-order chi connectivity index (χ0) is 32.2. The van der Waals surface area contributed by atoms with Gasteiger partial charge in [-0.3, -0.25) is 18.6 Å². The van der Waals surface area contributed by atoms with Gasteiger partial charge in [0, 0.05) is 6.54 Å². The molecule has 0 aromatic carbocycles. The quantitative estimate of drug-likeness (QED) is 0.0376. The number of phosphoric ester groups is 1. The van der Waals surface area contributed by atoms with Crippen molar-refractivity contribution in [3.63, 3.8) is 0 Å². The van der Waals surface area contributed by atoms with Crippen LogP contribution in [0.5, 0.6) is 0 Å². The third-order valence-corrected chi connectivity index (χ3v) is 8.60. The Morgan fingerprint density at radius 1 is 0.818 bits per heavy atom. The molecule has 2 aliphatic heterocycles. The van der Waals surface area contributed by atoms with Crippen LogP contribution in [-0.4, -0.2) is 92.2 Å². The van der Waals surface area contributed by atoms with Crippen molar-refractivity contribution >= 4 is 19.8 Å². The van der Waals surface area contributed by atoms with E-state index in [9.17, 15) is 19.0 Å². The predicted octanol–water partition coefficient (Wildman–Crippen LogP) is 5.89. The Morgan fingerprint density at radius 3 is 1.93 bits per heavy atom. The van der Waals surface area contributed by atoms with Crippen molar-refractivity contribution < 1.29 is 47.0 Å².